The number of amides is 1. The van der Waals surface area contributed by atoms with Crippen molar-refractivity contribution >= 4 is 21.7 Å². The molecule has 1 saturated heterocycles. The van der Waals surface area contributed by atoms with Gasteiger partial charge in [-0.1, -0.05) is 30.3 Å². The van der Waals surface area contributed by atoms with E-state index in [1.807, 2.05) is 6.07 Å². The van der Waals surface area contributed by atoms with E-state index in [9.17, 15) is 22.4 Å². The average molecular weight is 497 g/mol. The highest BCUT2D eigenvalue weighted by molar-refractivity contribution is 7.88. The molecule has 3 aromatic carbocycles. The summed E-state index contributed by atoms with van der Waals surface area (Å²) in [4.78, 5) is 26.6. The number of nitrogens with zero attached hydrogens (tertiary/aromatic N) is 2. The third-order valence-electron chi connectivity index (χ3n) is 5.76. The fourth-order valence-corrected chi connectivity index (χ4v) is 5.31. The van der Waals surface area contributed by atoms with Crippen molar-refractivity contribution < 1.29 is 27.1 Å². The van der Waals surface area contributed by atoms with Crippen LogP contribution in [0.3, 0.4) is 0 Å². The summed E-state index contributed by atoms with van der Waals surface area (Å²) < 4.78 is 45.4. The largest absolute Gasteiger partial charge is 0.484 e. The van der Waals surface area contributed by atoms with Crippen molar-refractivity contribution in [3.05, 3.63) is 101 Å². The Morgan fingerprint density at radius 1 is 0.800 bits per heavy atom. The first-order valence-electron chi connectivity index (χ1n) is 11.1. The fraction of sp³-hybridized carbons (Fsp3) is 0.231. The van der Waals surface area contributed by atoms with E-state index in [0.29, 0.717) is 30.0 Å². The summed E-state index contributed by atoms with van der Waals surface area (Å²) in [6.45, 7) is 0.868. The van der Waals surface area contributed by atoms with Gasteiger partial charge < -0.3 is 9.64 Å². The van der Waals surface area contributed by atoms with Crippen LogP contribution in [-0.2, 0) is 20.6 Å². The van der Waals surface area contributed by atoms with Gasteiger partial charge in [-0.15, -0.1) is 0 Å². The lowest BCUT2D eigenvalue weighted by Gasteiger charge is -2.34. The van der Waals surface area contributed by atoms with Gasteiger partial charge in [0.05, 0.1) is 5.75 Å². The molecule has 0 N–H and O–H groups in total. The van der Waals surface area contributed by atoms with Crippen LogP contribution in [0.1, 0.15) is 21.5 Å². The molecule has 1 fully saturated rings. The van der Waals surface area contributed by atoms with Crippen molar-refractivity contribution in [2.75, 3.05) is 32.8 Å². The number of halogens is 1. The van der Waals surface area contributed by atoms with Crippen molar-refractivity contribution in [3.8, 4) is 5.75 Å². The number of ether oxygens (including phenoxy) is 1. The molecule has 0 radical (unpaired) electrons. The maximum atomic E-state index is 13.1. The van der Waals surface area contributed by atoms with Gasteiger partial charge in [-0.3, -0.25) is 9.59 Å². The molecular weight excluding hydrogens is 471 g/mol. The first-order chi connectivity index (χ1) is 16.8. The second-order valence-electron chi connectivity index (χ2n) is 8.17. The molecule has 0 aromatic heterocycles. The zero-order valence-electron chi connectivity index (χ0n) is 19.0. The Morgan fingerprint density at radius 2 is 1.37 bits per heavy atom. The first-order valence-corrected chi connectivity index (χ1v) is 12.8. The second-order valence-corrected chi connectivity index (χ2v) is 10.1. The predicted octanol–water partition coefficient (Wildman–Crippen LogP) is 3.11. The Kier molecular flexibility index (Phi) is 7.57. The van der Waals surface area contributed by atoms with E-state index >= 15 is 0 Å². The number of carbonyl (C=O) groups is 2. The minimum atomic E-state index is -3.46. The summed E-state index contributed by atoms with van der Waals surface area (Å²) in [5.41, 5.74) is 1.52. The monoisotopic (exact) mass is 496 g/mol. The number of hydrogen-bond acceptors (Lipinski definition) is 5. The number of benzene rings is 3. The van der Waals surface area contributed by atoms with Gasteiger partial charge in [-0.25, -0.2) is 12.8 Å². The van der Waals surface area contributed by atoms with Gasteiger partial charge in [0.1, 0.15) is 11.6 Å². The molecule has 7 nitrogen and oxygen atoms in total. The lowest BCUT2D eigenvalue weighted by molar-refractivity contribution is -0.134. The van der Waals surface area contributed by atoms with Crippen LogP contribution in [0.25, 0.3) is 0 Å². The van der Waals surface area contributed by atoms with Gasteiger partial charge >= 0.3 is 0 Å². The van der Waals surface area contributed by atoms with Crippen molar-refractivity contribution in [3.63, 3.8) is 0 Å². The molecule has 0 aliphatic carbocycles. The standard InChI is InChI=1S/C26H25FN2O5S/c27-23-10-6-21(7-11-23)26(31)22-8-12-24(13-9-22)34-18-25(30)28-14-16-29(17-15-28)35(32,33)19-20-4-2-1-3-5-20/h1-13H,14-19H2. The smallest absolute Gasteiger partial charge is 0.260 e. The highest BCUT2D eigenvalue weighted by atomic mass is 32.2. The molecule has 4 rings (SSSR count). The summed E-state index contributed by atoms with van der Waals surface area (Å²) >= 11 is 0. The summed E-state index contributed by atoms with van der Waals surface area (Å²) in [5, 5.41) is 0. The lowest BCUT2D eigenvalue weighted by Crippen LogP contribution is -2.51. The zero-order valence-corrected chi connectivity index (χ0v) is 19.8. The van der Waals surface area contributed by atoms with Crippen molar-refractivity contribution in [1.29, 1.82) is 0 Å². The molecule has 0 unspecified atom stereocenters. The molecule has 3 aromatic rings. The molecule has 0 atom stereocenters. The number of ketones is 1. The molecule has 35 heavy (non-hydrogen) atoms. The van der Waals surface area contributed by atoms with E-state index in [1.54, 1.807) is 53.4 Å². The predicted molar refractivity (Wildman–Crippen MR) is 129 cm³/mol. The highest BCUT2D eigenvalue weighted by Gasteiger charge is 2.29. The van der Waals surface area contributed by atoms with E-state index in [0.717, 1.165) is 5.56 Å². The quantitative estimate of drug-likeness (QED) is 0.448. The molecule has 1 heterocycles. The van der Waals surface area contributed by atoms with Gasteiger partial charge in [-0.05, 0) is 54.1 Å². The fourth-order valence-electron chi connectivity index (χ4n) is 3.80. The van der Waals surface area contributed by atoms with E-state index in [4.69, 9.17) is 4.74 Å². The Morgan fingerprint density at radius 3 is 1.97 bits per heavy atom. The molecule has 0 spiro atoms. The third-order valence-corrected chi connectivity index (χ3v) is 7.61. The van der Waals surface area contributed by atoms with E-state index in [1.165, 1.54) is 28.6 Å². The highest BCUT2D eigenvalue weighted by Crippen LogP contribution is 2.17. The minimum absolute atomic E-state index is 0.0649. The number of sulfonamides is 1. The normalized spacial score (nSPS) is 14.5. The summed E-state index contributed by atoms with van der Waals surface area (Å²) in [6, 6.07) is 20.7. The SMILES string of the molecule is O=C(c1ccc(F)cc1)c1ccc(OCC(=O)N2CCN(S(=O)(=O)Cc3ccccc3)CC2)cc1. The van der Waals surface area contributed by atoms with Crippen LogP contribution < -0.4 is 4.74 Å². The Bertz CT molecular complexity index is 1270. The van der Waals surface area contributed by atoms with Crippen LogP contribution in [0.2, 0.25) is 0 Å². The minimum Gasteiger partial charge on any atom is -0.484 e. The van der Waals surface area contributed by atoms with Crippen LogP contribution in [0, 0.1) is 5.82 Å². The third kappa shape index (κ3) is 6.32. The number of piperazine rings is 1. The molecule has 0 saturated carbocycles. The van der Waals surface area contributed by atoms with E-state index < -0.39 is 15.8 Å². The Hall–Kier alpha value is -3.56. The second kappa shape index (κ2) is 10.8. The number of rotatable bonds is 8. The summed E-state index contributed by atoms with van der Waals surface area (Å²) in [7, 11) is -3.46. The first kappa shape index (κ1) is 24.6. The summed E-state index contributed by atoms with van der Waals surface area (Å²) in [6.07, 6.45) is 0. The van der Waals surface area contributed by atoms with Crippen molar-refractivity contribution in [2.24, 2.45) is 0 Å². The molecule has 1 aliphatic rings. The van der Waals surface area contributed by atoms with Gasteiger partial charge in [-0.2, -0.15) is 4.31 Å². The number of carbonyl (C=O) groups excluding carboxylic acids is 2. The summed E-state index contributed by atoms with van der Waals surface area (Å²) in [5.74, 6) is -0.530. The van der Waals surface area contributed by atoms with Crippen molar-refractivity contribution in [2.45, 2.75) is 5.75 Å². The molecule has 1 aliphatic heterocycles. The molecule has 0 bridgehead atoms. The average Bonchev–Trinajstić information content (AvgIpc) is 2.88. The van der Waals surface area contributed by atoms with Crippen LogP contribution in [-0.4, -0.2) is 62.1 Å². The van der Waals surface area contributed by atoms with E-state index in [2.05, 4.69) is 0 Å². The van der Waals surface area contributed by atoms with Crippen LogP contribution in [0.4, 0.5) is 4.39 Å². The van der Waals surface area contributed by atoms with Crippen LogP contribution >= 0.6 is 0 Å². The lowest BCUT2D eigenvalue weighted by atomic mass is 10.0. The van der Waals surface area contributed by atoms with Gasteiger partial charge in [0.2, 0.25) is 10.0 Å². The van der Waals surface area contributed by atoms with Crippen LogP contribution in [0.15, 0.2) is 78.9 Å². The maximum Gasteiger partial charge on any atom is 0.260 e. The van der Waals surface area contributed by atoms with Gasteiger partial charge in [0, 0.05) is 37.3 Å². The van der Waals surface area contributed by atoms with Crippen LogP contribution in [0.5, 0.6) is 5.75 Å². The van der Waals surface area contributed by atoms with E-state index in [-0.39, 0.29) is 37.1 Å². The zero-order chi connectivity index (χ0) is 24.8. The van der Waals surface area contributed by atoms with Gasteiger partial charge in [0.15, 0.2) is 12.4 Å². The molecular formula is C26H25FN2O5S. The Balaban J connectivity index is 1.25. The number of hydrogen-bond donors (Lipinski definition) is 0. The molecule has 1 amide bonds. The van der Waals surface area contributed by atoms with Gasteiger partial charge in [0.25, 0.3) is 5.91 Å². The molecule has 9 heteroatoms. The maximum absolute atomic E-state index is 13.1. The Labute approximate surface area is 203 Å². The topological polar surface area (TPSA) is 84.0 Å². The molecule has 182 valence electrons. The van der Waals surface area contributed by atoms with Crippen molar-refractivity contribution in [1.82, 2.24) is 9.21 Å².